The molecule has 0 aliphatic heterocycles. The molecule has 0 saturated heterocycles. The minimum Gasteiger partial charge on any atom is -0.460 e. The van der Waals surface area contributed by atoms with Gasteiger partial charge < -0.3 is 39.1 Å². The summed E-state index contributed by atoms with van der Waals surface area (Å²) in [6.45, 7) is 22.8. The largest absolute Gasteiger partial charge is 0.460 e. The Balaban J connectivity index is 4.54. The van der Waals surface area contributed by atoms with E-state index in [9.17, 15) is 19.2 Å². The second kappa shape index (κ2) is 17.7. The zero-order chi connectivity index (χ0) is 32.8. The first-order chi connectivity index (χ1) is 19.0. The SMILES string of the molecule is CC(C)(C)OC(=O)CC(NCCOCCOCCNC(CC(=O)OC(C)(C)C)C(=O)OC(C)(C)C)C(=O)OC(C)(C)C. The topological polar surface area (TPSA) is 148 Å². The highest BCUT2D eigenvalue weighted by Gasteiger charge is 2.30. The van der Waals surface area contributed by atoms with Crippen molar-refractivity contribution in [2.24, 2.45) is 0 Å². The molecule has 0 spiro atoms. The molecular weight excluding hydrogens is 548 g/mol. The Morgan fingerprint density at radius 2 is 0.762 bits per heavy atom. The van der Waals surface area contributed by atoms with Crippen LogP contribution in [0.4, 0.5) is 0 Å². The molecule has 0 radical (unpaired) electrons. The zero-order valence-corrected chi connectivity index (χ0v) is 27.9. The van der Waals surface area contributed by atoms with Gasteiger partial charge in [0.05, 0.1) is 39.3 Å². The number of hydrogen-bond acceptors (Lipinski definition) is 12. The van der Waals surface area contributed by atoms with Crippen LogP contribution in [-0.2, 0) is 47.6 Å². The summed E-state index contributed by atoms with van der Waals surface area (Å²) in [6, 6.07) is -1.74. The molecule has 2 atom stereocenters. The highest BCUT2D eigenvalue weighted by Crippen LogP contribution is 2.14. The normalized spacial score (nSPS) is 14.1. The molecular formula is C30H56N2O10. The quantitative estimate of drug-likeness (QED) is 0.143. The van der Waals surface area contributed by atoms with Crippen LogP contribution in [-0.4, -0.2) is 97.9 Å². The smallest absolute Gasteiger partial charge is 0.324 e. The summed E-state index contributed by atoms with van der Waals surface area (Å²) in [5.74, 6) is -2.09. The Kier molecular flexibility index (Phi) is 16.8. The molecule has 0 fully saturated rings. The van der Waals surface area contributed by atoms with E-state index >= 15 is 0 Å². The van der Waals surface area contributed by atoms with E-state index in [1.54, 1.807) is 83.1 Å². The Labute approximate surface area is 252 Å². The Morgan fingerprint density at radius 1 is 0.476 bits per heavy atom. The average molecular weight is 605 g/mol. The van der Waals surface area contributed by atoms with E-state index < -0.39 is 58.4 Å². The van der Waals surface area contributed by atoms with E-state index in [1.165, 1.54) is 0 Å². The molecule has 0 amide bonds. The lowest BCUT2D eigenvalue weighted by Gasteiger charge is -2.26. The van der Waals surface area contributed by atoms with Gasteiger partial charge in [-0.1, -0.05) is 0 Å². The van der Waals surface area contributed by atoms with Gasteiger partial charge in [0.1, 0.15) is 34.5 Å². The average Bonchev–Trinajstić information content (AvgIpc) is 2.73. The lowest BCUT2D eigenvalue weighted by Crippen LogP contribution is -2.45. The van der Waals surface area contributed by atoms with E-state index in [2.05, 4.69) is 10.6 Å². The van der Waals surface area contributed by atoms with Gasteiger partial charge in [-0.2, -0.15) is 0 Å². The van der Waals surface area contributed by atoms with Crippen LogP contribution >= 0.6 is 0 Å². The van der Waals surface area contributed by atoms with E-state index in [0.717, 1.165) is 0 Å². The van der Waals surface area contributed by atoms with Gasteiger partial charge in [0.25, 0.3) is 0 Å². The van der Waals surface area contributed by atoms with Gasteiger partial charge in [-0.05, 0) is 83.1 Å². The molecule has 0 aromatic rings. The molecule has 0 aromatic heterocycles. The summed E-state index contributed by atoms with van der Waals surface area (Å²) in [5, 5.41) is 6.01. The summed E-state index contributed by atoms with van der Waals surface area (Å²) in [7, 11) is 0. The molecule has 0 bridgehead atoms. The van der Waals surface area contributed by atoms with Crippen LogP contribution in [0.1, 0.15) is 95.9 Å². The van der Waals surface area contributed by atoms with E-state index in [1.807, 2.05) is 0 Å². The molecule has 0 aromatic carbocycles. The highest BCUT2D eigenvalue weighted by atomic mass is 16.6. The molecule has 12 nitrogen and oxygen atoms in total. The van der Waals surface area contributed by atoms with Crippen molar-refractivity contribution in [2.45, 2.75) is 130 Å². The van der Waals surface area contributed by atoms with E-state index in [4.69, 9.17) is 28.4 Å². The number of ether oxygens (including phenoxy) is 6. The molecule has 0 aliphatic rings. The summed E-state index contributed by atoms with van der Waals surface area (Å²) < 4.78 is 32.7. The first-order valence-electron chi connectivity index (χ1n) is 14.5. The van der Waals surface area contributed by atoms with Crippen molar-refractivity contribution in [3.63, 3.8) is 0 Å². The lowest BCUT2D eigenvalue weighted by molar-refractivity contribution is -0.164. The number of hydrogen-bond donors (Lipinski definition) is 2. The summed E-state index contributed by atoms with van der Waals surface area (Å²) >= 11 is 0. The predicted molar refractivity (Wildman–Crippen MR) is 158 cm³/mol. The maximum Gasteiger partial charge on any atom is 0.324 e. The molecule has 2 N–H and O–H groups in total. The highest BCUT2D eigenvalue weighted by molar-refractivity contribution is 5.83. The van der Waals surface area contributed by atoms with Crippen molar-refractivity contribution in [1.29, 1.82) is 0 Å². The van der Waals surface area contributed by atoms with Crippen molar-refractivity contribution in [3.05, 3.63) is 0 Å². The number of nitrogens with one attached hydrogen (secondary N) is 2. The first-order valence-corrected chi connectivity index (χ1v) is 14.5. The Bertz CT molecular complexity index is 778. The van der Waals surface area contributed by atoms with Crippen LogP contribution in [0.3, 0.4) is 0 Å². The molecule has 42 heavy (non-hydrogen) atoms. The minimum absolute atomic E-state index is 0.166. The number of esters is 4. The molecule has 12 heteroatoms. The third-order valence-electron chi connectivity index (χ3n) is 4.61. The van der Waals surface area contributed by atoms with Crippen molar-refractivity contribution < 1.29 is 47.6 Å². The van der Waals surface area contributed by atoms with Crippen LogP contribution in [0.15, 0.2) is 0 Å². The monoisotopic (exact) mass is 604 g/mol. The maximum atomic E-state index is 12.6. The standard InChI is InChI=1S/C30H56N2O10/c1-27(2,3)39-23(33)19-21(25(35)41-29(7,8)9)31-13-15-37-17-18-38-16-14-32-22(26(36)42-30(10,11)12)20-24(34)40-28(4,5)6/h21-22,31-32H,13-20H2,1-12H3. The number of carbonyl (C=O) groups excluding carboxylic acids is 4. The van der Waals surface area contributed by atoms with Crippen LogP contribution in [0.5, 0.6) is 0 Å². The molecule has 0 saturated carbocycles. The molecule has 0 aliphatic carbocycles. The fourth-order valence-corrected chi connectivity index (χ4v) is 3.26. The van der Waals surface area contributed by atoms with E-state index in [-0.39, 0.29) is 39.3 Å². The van der Waals surface area contributed by atoms with Gasteiger partial charge in [0.15, 0.2) is 0 Å². The van der Waals surface area contributed by atoms with Gasteiger partial charge in [-0.15, -0.1) is 0 Å². The Hall–Kier alpha value is -2.28. The van der Waals surface area contributed by atoms with Crippen LogP contribution in [0.25, 0.3) is 0 Å². The molecule has 246 valence electrons. The van der Waals surface area contributed by atoms with Gasteiger partial charge in [0.2, 0.25) is 0 Å². The number of carbonyl (C=O) groups is 4. The molecule has 0 rings (SSSR count). The van der Waals surface area contributed by atoms with Crippen LogP contribution in [0.2, 0.25) is 0 Å². The second-order valence-corrected chi connectivity index (χ2v) is 13.9. The lowest BCUT2D eigenvalue weighted by atomic mass is 10.1. The zero-order valence-electron chi connectivity index (χ0n) is 27.9. The van der Waals surface area contributed by atoms with Crippen molar-refractivity contribution in [1.82, 2.24) is 10.6 Å². The van der Waals surface area contributed by atoms with Crippen molar-refractivity contribution >= 4 is 23.9 Å². The fourth-order valence-electron chi connectivity index (χ4n) is 3.26. The third-order valence-corrected chi connectivity index (χ3v) is 4.61. The summed E-state index contributed by atoms with van der Waals surface area (Å²) in [4.78, 5) is 49.7. The fraction of sp³-hybridized carbons (Fsp3) is 0.867. The third kappa shape index (κ3) is 23.3. The number of rotatable bonds is 17. The summed E-state index contributed by atoms with van der Waals surface area (Å²) in [5.41, 5.74) is -2.72. The van der Waals surface area contributed by atoms with Crippen molar-refractivity contribution in [3.8, 4) is 0 Å². The van der Waals surface area contributed by atoms with Crippen LogP contribution in [0, 0.1) is 0 Å². The van der Waals surface area contributed by atoms with Gasteiger partial charge in [0, 0.05) is 13.1 Å². The van der Waals surface area contributed by atoms with E-state index in [0.29, 0.717) is 13.1 Å². The van der Waals surface area contributed by atoms with Crippen LogP contribution < -0.4 is 10.6 Å². The van der Waals surface area contributed by atoms with Gasteiger partial charge in [-0.3, -0.25) is 19.2 Å². The van der Waals surface area contributed by atoms with Gasteiger partial charge in [-0.25, -0.2) is 0 Å². The first kappa shape index (κ1) is 39.7. The maximum absolute atomic E-state index is 12.6. The Morgan fingerprint density at radius 3 is 1.02 bits per heavy atom. The van der Waals surface area contributed by atoms with Crippen molar-refractivity contribution in [2.75, 3.05) is 39.5 Å². The van der Waals surface area contributed by atoms with Gasteiger partial charge >= 0.3 is 23.9 Å². The predicted octanol–water partition coefficient (Wildman–Crippen LogP) is 3.08. The second-order valence-electron chi connectivity index (χ2n) is 13.9. The molecule has 2 unspecified atom stereocenters. The molecule has 0 heterocycles. The summed E-state index contributed by atoms with van der Waals surface area (Å²) in [6.07, 6.45) is -0.332. The minimum atomic E-state index is -0.872.